The number of rotatable bonds is 2. The fourth-order valence-corrected chi connectivity index (χ4v) is 3.14. The number of nitrogens with zero attached hydrogens (tertiary/aromatic N) is 2. The molecule has 0 aromatic rings. The average Bonchev–Trinajstić information content (AvgIpc) is 2.66. The van der Waals surface area contributed by atoms with Crippen LogP contribution in [0, 0.1) is 5.92 Å². The van der Waals surface area contributed by atoms with E-state index in [9.17, 15) is 0 Å². The van der Waals surface area contributed by atoms with E-state index in [1.54, 1.807) is 0 Å². The maximum Gasteiger partial charge on any atom is 0.0472 e. The van der Waals surface area contributed by atoms with Gasteiger partial charge in [0.1, 0.15) is 0 Å². The second-order valence-electron chi connectivity index (χ2n) is 5.26. The summed E-state index contributed by atoms with van der Waals surface area (Å²) >= 11 is 0. The highest BCUT2D eigenvalue weighted by Gasteiger charge is 2.33. The Labute approximate surface area is 93.0 Å². The van der Waals surface area contributed by atoms with Crippen molar-refractivity contribution in [3.63, 3.8) is 0 Å². The van der Waals surface area contributed by atoms with Gasteiger partial charge in [0.15, 0.2) is 0 Å². The van der Waals surface area contributed by atoms with Crippen LogP contribution in [0.3, 0.4) is 0 Å². The zero-order chi connectivity index (χ0) is 10.8. The van der Waals surface area contributed by atoms with Gasteiger partial charge in [0.25, 0.3) is 0 Å². The number of aliphatic hydroxyl groups excluding tert-OH is 1. The summed E-state index contributed by atoms with van der Waals surface area (Å²) in [6.07, 6.45) is 5.18. The molecule has 2 heterocycles. The van der Waals surface area contributed by atoms with Crippen LogP contribution in [0.15, 0.2) is 0 Å². The van der Waals surface area contributed by atoms with Crippen molar-refractivity contribution in [2.45, 2.75) is 51.6 Å². The van der Waals surface area contributed by atoms with Crippen LogP contribution in [-0.4, -0.2) is 46.9 Å². The summed E-state index contributed by atoms with van der Waals surface area (Å²) in [5.74, 6) is 0.506. The fourth-order valence-electron chi connectivity index (χ4n) is 3.14. The SMILES string of the molecule is CC1CCCC(C)N1N1CCC(CO)C1. The first-order valence-corrected chi connectivity index (χ1v) is 6.36. The van der Waals surface area contributed by atoms with Crippen LogP contribution in [0.5, 0.6) is 0 Å². The molecule has 2 aliphatic heterocycles. The Hall–Kier alpha value is -0.120. The van der Waals surface area contributed by atoms with Gasteiger partial charge in [-0.05, 0) is 39.0 Å². The molecule has 2 aliphatic rings. The van der Waals surface area contributed by atoms with Gasteiger partial charge in [-0.2, -0.15) is 0 Å². The molecule has 3 unspecified atom stereocenters. The first kappa shape index (κ1) is 11.4. The van der Waals surface area contributed by atoms with E-state index in [0.717, 1.165) is 19.5 Å². The lowest BCUT2D eigenvalue weighted by Gasteiger charge is -2.44. The molecular weight excluding hydrogens is 188 g/mol. The molecule has 15 heavy (non-hydrogen) atoms. The lowest BCUT2D eigenvalue weighted by atomic mass is 9.99. The third-order valence-corrected chi connectivity index (χ3v) is 4.00. The van der Waals surface area contributed by atoms with E-state index in [0.29, 0.717) is 24.6 Å². The Balaban J connectivity index is 1.96. The highest BCUT2D eigenvalue weighted by atomic mass is 16.3. The number of hydrazine groups is 1. The van der Waals surface area contributed by atoms with Crippen molar-refractivity contribution >= 4 is 0 Å². The van der Waals surface area contributed by atoms with Gasteiger partial charge in [-0.3, -0.25) is 0 Å². The van der Waals surface area contributed by atoms with Crippen molar-refractivity contribution in [1.82, 2.24) is 10.0 Å². The summed E-state index contributed by atoms with van der Waals surface area (Å²) < 4.78 is 0. The first-order chi connectivity index (χ1) is 7.22. The maximum atomic E-state index is 9.17. The molecule has 0 amide bonds. The predicted octanol–water partition coefficient (Wildman–Crippen LogP) is 1.48. The third kappa shape index (κ3) is 2.35. The van der Waals surface area contributed by atoms with Gasteiger partial charge in [-0.15, -0.1) is 0 Å². The monoisotopic (exact) mass is 212 g/mol. The molecule has 3 atom stereocenters. The molecule has 0 aliphatic carbocycles. The first-order valence-electron chi connectivity index (χ1n) is 6.36. The van der Waals surface area contributed by atoms with Gasteiger partial charge in [-0.25, -0.2) is 10.0 Å². The Kier molecular flexibility index (Phi) is 3.65. The van der Waals surface area contributed by atoms with Crippen molar-refractivity contribution in [1.29, 1.82) is 0 Å². The Morgan fingerprint density at radius 3 is 2.33 bits per heavy atom. The standard InChI is InChI=1S/C12H24N2O/c1-10-4-3-5-11(2)14(10)13-7-6-12(8-13)9-15/h10-12,15H,3-9H2,1-2H3. The molecule has 3 nitrogen and oxygen atoms in total. The lowest BCUT2D eigenvalue weighted by Crippen LogP contribution is -2.53. The second-order valence-corrected chi connectivity index (χ2v) is 5.26. The van der Waals surface area contributed by atoms with Crippen molar-refractivity contribution in [3.8, 4) is 0 Å². The van der Waals surface area contributed by atoms with E-state index in [1.807, 2.05) is 0 Å². The molecule has 2 rings (SSSR count). The quantitative estimate of drug-likeness (QED) is 0.751. The predicted molar refractivity (Wildman–Crippen MR) is 61.4 cm³/mol. The maximum absolute atomic E-state index is 9.17. The molecule has 0 bridgehead atoms. The minimum absolute atomic E-state index is 0.354. The van der Waals surface area contributed by atoms with Crippen molar-refractivity contribution in [3.05, 3.63) is 0 Å². The van der Waals surface area contributed by atoms with E-state index < -0.39 is 0 Å². The number of hydrogen-bond acceptors (Lipinski definition) is 3. The summed E-state index contributed by atoms with van der Waals surface area (Å²) in [7, 11) is 0. The number of piperidine rings is 1. The highest BCUT2D eigenvalue weighted by Crippen LogP contribution is 2.28. The summed E-state index contributed by atoms with van der Waals surface area (Å²) in [5, 5.41) is 14.2. The molecule has 1 N–H and O–H groups in total. The van der Waals surface area contributed by atoms with Gasteiger partial charge < -0.3 is 5.11 Å². The number of hydrogen-bond donors (Lipinski definition) is 1. The minimum Gasteiger partial charge on any atom is -0.396 e. The Bertz CT molecular complexity index is 200. The van der Waals surface area contributed by atoms with Gasteiger partial charge >= 0.3 is 0 Å². The summed E-state index contributed by atoms with van der Waals surface area (Å²) in [6.45, 7) is 7.22. The van der Waals surface area contributed by atoms with Crippen LogP contribution in [0.4, 0.5) is 0 Å². The molecule has 0 radical (unpaired) electrons. The van der Waals surface area contributed by atoms with Crippen LogP contribution in [0.1, 0.15) is 39.5 Å². The van der Waals surface area contributed by atoms with Gasteiger partial charge in [0, 0.05) is 31.8 Å². The zero-order valence-electron chi connectivity index (χ0n) is 10.0. The molecule has 0 aromatic heterocycles. The molecular formula is C12H24N2O. The van der Waals surface area contributed by atoms with Gasteiger partial charge in [0.2, 0.25) is 0 Å². The third-order valence-electron chi connectivity index (χ3n) is 4.00. The molecule has 0 spiro atoms. The van der Waals surface area contributed by atoms with Crippen LogP contribution < -0.4 is 0 Å². The lowest BCUT2D eigenvalue weighted by molar-refractivity contribution is -0.0923. The summed E-state index contributed by atoms with van der Waals surface area (Å²) in [5.41, 5.74) is 0. The van der Waals surface area contributed by atoms with Crippen LogP contribution in [-0.2, 0) is 0 Å². The number of aliphatic hydroxyl groups is 1. The fraction of sp³-hybridized carbons (Fsp3) is 1.00. The van der Waals surface area contributed by atoms with Crippen molar-refractivity contribution in [2.24, 2.45) is 5.92 Å². The second kappa shape index (κ2) is 4.81. The van der Waals surface area contributed by atoms with Gasteiger partial charge in [-0.1, -0.05) is 6.42 Å². The zero-order valence-corrected chi connectivity index (χ0v) is 10.0. The molecule has 2 fully saturated rings. The van der Waals surface area contributed by atoms with Crippen LogP contribution in [0.25, 0.3) is 0 Å². The van der Waals surface area contributed by atoms with E-state index in [-0.39, 0.29) is 0 Å². The molecule has 88 valence electrons. The van der Waals surface area contributed by atoms with Gasteiger partial charge in [0.05, 0.1) is 0 Å². The summed E-state index contributed by atoms with van der Waals surface area (Å²) in [4.78, 5) is 0. The average molecular weight is 212 g/mol. The van der Waals surface area contributed by atoms with E-state index in [4.69, 9.17) is 5.11 Å². The topological polar surface area (TPSA) is 26.7 Å². The highest BCUT2D eigenvalue weighted by molar-refractivity contribution is 4.82. The molecule has 3 heteroatoms. The largest absolute Gasteiger partial charge is 0.396 e. The van der Waals surface area contributed by atoms with Crippen LogP contribution in [0.2, 0.25) is 0 Å². The normalized spacial score (nSPS) is 39.8. The van der Waals surface area contributed by atoms with E-state index in [2.05, 4.69) is 23.9 Å². The van der Waals surface area contributed by atoms with Crippen molar-refractivity contribution in [2.75, 3.05) is 19.7 Å². The smallest absolute Gasteiger partial charge is 0.0472 e. The van der Waals surface area contributed by atoms with Crippen LogP contribution >= 0.6 is 0 Å². The minimum atomic E-state index is 0.354. The summed E-state index contributed by atoms with van der Waals surface area (Å²) in [6, 6.07) is 1.37. The van der Waals surface area contributed by atoms with Crippen molar-refractivity contribution < 1.29 is 5.11 Å². The molecule has 2 saturated heterocycles. The van der Waals surface area contributed by atoms with E-state index in [1.165, 1.54) is 19.3 Å². The van der Waals surface area contributed by atoms with E-state index >= 15 is 0 Å². The molecule has 0 saturated carbocycles. The Morgan fingerprint density at radius 2 is 1.80 bits per heavy atom. The molecule has 0 aromatic carbocycles. The Morgan fingerprint density at radius 1 is 1.13 bits per heavy atom.